The van der Waals surface area contributed by atoms with Crippen molar-refractivity contribution in [2.75, 3.05) is 11.4 Å². The molecule has 1 atom stereocenters. The Morgan fingerprint density at radius 3 is 3.00 bits per heavy atom. The van der Waals surface area contributed by atoms with E-state index in [0.29, 0.717) is 17.8 Å². The Morgan fingerprint density at radius 1 is 1.29 bits per heavy atom. The Morgan fingerprint density at radius 2 is 2.17 bits per heavy atom. The number of rotatable bonds is 3. The summed E-state index contributed by atoms with van der Waals surface area (Å²) in [6.07, 6.45) is 3.46. The fraction of sp³-hybridized carbons (Fsp3) is 0.500. The van der Waals surface area contributed by atoms with Crippen LogP contribution in [0.2, 0.25) is 0 Å². The molecule has 1 N–H and O–H groups in total. The Balaban J connectivity index is 1.48. The van der Waals surface area contributed by atoms with E-state index in [2.05, 4.69) is 48.6 Å². The van der Waals surface area contributed by atoms with Crippen LogP contribution in [0.15, 0.2) is 11.4 Å². The van der Waals surface area contributed by atoms with Gasteiger partial charge in [-0.25, -0.2) is 4.98 Å². The highest BCUT2D eigenvalue weighted by molar-refractivity contribution is 7.10. The predicted molar refractivity (Wildman–Crippen MR) is 92.1 cm³/mol. The lowest BCUT2D eigenvalue weighted by atomic mass is 10.0. The third kappa shape index (κ3) is 2.09. The second-order valence-corrected chi connectivity index (χ2v) is 7.58. The fourth-order valence-corrected chi connectivity index (χ4v) is 4.47. The van der Waals surface area contributed by atoms with E-state index >= 15 is 0 Å². The summed E-state index contributed by atoms with van der Waals surface area (Å²) in [5.74, 6) is 3.77. The van der Waals surface area contributed by atoms with E-state index in [1.54, 1.807) is 0 Å². The van der Waals surface area contributed by atoms with Crippen molar-refractivity contribution in [2.24, 2.45) is 7.05 Å². The van der Waals surface area contributed by atoms with E-state index < -0.39 is 0 Å². The Labute approximate surface area is 143 Å². The molecule has 24 heavy (non-hydrogen) atoms. The van der Waals surface area contributed by atoms with Gasteiger partial charge in [0.25, 0.3) is 0 Å². The first kappa shape index (κ1) is 14.2. The van der Waals surface area contributed by atoms with Gasteiger partial charge in [0, 0.05) is 24.4 Å². The van der Waals surface area contributed by atoms with E-state index in [1.807, 2.05) is 23.0 Å². The van der Waals surface area contributed by atoms with Crippen LogP contribution in [0.4, 0.5) is 5.95 Å². The smallest absolute Gasteiger partial charge is 0.227 e. The molecule has 0 spiro atoms. The summed E-state index contributed by atoms with van der Waals surface area (Å²) >= 11 is 1.83. The van der Waals surface area contributed by atoms with Crippen molar-refractivity contribution < 1.29 is 0 Å². The first-order chi connectivity index (χ1) is 11.7. The molecule has 3 aromatic rings. The molecule has 1 aliphatic carbocycles. The molecule has 3 aromatic heterocycles. The van der Waals surface area contributed by atoms with Crippen LogP contribution < -0.4 is 4.90 Å². The van der Waals surface area contributed by atoms with Gasteiger partial charge in [-0.1, -0.05) is 0 Å². The molecule has 0 bridgehead atoms. The van der Waals surface area contributed by atoms with E-state index in [9.17, 15) is 0 Å². The van der Waals surface area contributed by atoms with E-state index in [-0.39, 0.29) is 0 Å². The van der Waals surface area contributed by atoms with Gasteiger partial charge in [-0.15, -0.1) is 26.6 Å². The third-order valence-electron chi connectivity index (χ3n) is 5.03. The SMILES string of the molecule is CC1c2sccc2CCN1c1nnc(-c2n[nH]c(C3CC3)n2)n1C. The van der Waals surface area contributed by atoms with Crippen LogP contribution in [-0.2, 0) is 13.5 Å². The van der Waals surface area contributed by atoms with Crippen LogP contribution in [0.3, 0.4) is 0 Å². The molecule has 2 aliphatic rings. The standard InChI is InChI=1S/C16H19N7S/c1-9-12-10(6-8-24-12)5-7-23(9)16-21-20-15(22(16)2)14-17-13(18-19-14)11-3-4-11/h6,8-9,11H,3-5,7H2,1-2H3,(H,17,18,19). The first-order valence-electron chi connectivity index (χ1n) is 8.37. The zero-order valence-electron chi connectivity index (χ0n) is 13.7. The molecule has 1 saturated carbocycles. The number of fused-ring (bicyclic) bond motifs is 1. The van der Waals surface area contributed by atoms with Crippen LogP contribution in [0.5, 0.6) is 0 Å². The minimum absolute atomic E-state index is 0.318. The van der Waals surface area contributed by atoms with Crippen LogP contribution in [0.25, 0.3) is 11.6 Å². The molecule has 4 heterocycles. The Bertz CT molecular complexity index is 888. The zero-order valence-corrected chi connectivity index (χ0v) is 14.5. The van der Waals surface area contributed by atoms with E-state index in [0.717, 1.165) is 30.6 Å². The molecular formula is C16H19N7S. The third-order valence-corrected chi connectivity index (χ3v) is 6.15. The van der Waals surface area contributed by atoms with Gasteiger partial charge < -0.3 is 4.90 Å². The average molecular weight is 341 g/mol. The molecule has 1 aliphatic heterocycles. The molecule has 0 amide bonds. The van der Waals surface area contributed by atoms with Gasteiger partial charge in [0.05, 0.1) is 6.04 Å². The van der Waals surface area contributed by atoms with Crippen LogP contribution in [0, 0.1) is 0 Å². The summed E-state index contributed by atoms with van der Waals surface area (Å²) in [5, 5.41) is 18.4. The predicted octanol–water partition coefficient (Wildman–Crippen LogP) is 2.66. The number of nitrogens with one attached hydrogen (secondary N) is 1. The lowest BCUT2D eigenvalue weighted by Gasteiger charge is -2.33. The summed E-state index contributed by atoms with van der Waals surface area (Å²) in [4.78, 5) is 8.36. The Kier molecular flexibility index (Phi) is 3.03. The minimum atomic E-state index is 0.318. The molecular weight excluding hydrogens is 322 g/mol. The lowest BCUT2D eigenvalue weighted by molar-refractivity contribution is 0.607. The highest BCUT2D eigenvalue weighted by Gasteiger charge is 2.31. The molecule has 0 saturated heterocycles. The van der Waals surface area contributed by atoms with Gasteiger partial charge in [-0.05, 0) is 43.2 Å². The van der Waals surface area contributed by atoms with Crippen LogP contribution in [0.1, 0.15) is 48.0 Å². The normalized spacial score (nSPS) is 20.4. The quantitative estimate of drug-likeness (QED) is 0.793. The number of anilines is 1. The average Bonchev–Trinajstić information content (AvgIpc) is 3.00. The summed E-state index contributed by atoms with van der Waals surface area (Å²) < 4.78 is 2.01. The zero-order chi connectivity index (χ0) is 16.3. The second kappa shape index (κ2) is 5.14. The first-order valence-corrected chi connectivity index (χ1v) is 9.25. The van der Waals surface area contributed by atoms with E-state index in [4.69, 9.17) is 0 Å². The second-order valence-electron chi connectivity index (χ2n) is 6.63. The number of aromatic nitrogens is 6. The molecule has 0 aromatic carbocycles. The number of aromatic amines is 1. The largest absolute Gasteiger partial charge is 0.333 e. The minimum Gasteiger partial charge on any atom is -0.333 e. The highest BCUT2D eigenvalue weighted by atomic mass is 32.1. The number of H-pyrrole nitrogens is 1. The van der Waals surface area contributed by atoms with Gasteiger partial charge in [0.2, 0.25) is 17.6 Å². The maximum absolute atomic E-state index is 4.60. The van der Waals surface area contributed by atoms with Gasteiger partial charge in [-0.3, -0.25) is 9.67 Å². The van der Waals surface area contributed by atoms with E-state index in [1.165, 1.54) is 23.3 Å². The maximum Gasteiger partial charge on any atom is 0.227 e. The van der Waals surface area contributed by atoms with Crippen molar-refractivity contribution in [3.05, 3.63) is 27.7 Å². The fourth-order valence-electron chi connectivity index (χ4n) is 3.45. The number of thiophene rings is 1. The van der Waals surface area contributed by atoms with Gasteiger partial charge in [0.15, 0.2) is 0 Å². The molecule has 0 radical (unpaired) electrons. The van der Waals surface area contributed by atoms with Gasteiger partial charge in [-0.2, -0.15) is 0 Å². The number of hydrogen-bond donors (Lipinski definition) is 1. The summed E-state index contributed by atoms with van der Waals surface area (Å²) in [7, 11) is 1.99. The summed E-state index contributed by atoms with van der Waals surface area (Å²) in [5.41, 5.74) is 1.47. The molecule has 8 heteroatoms. The van der Waals surface area contributed by atoms with Crippen molar-refractivity contribution in [3.63, 3.8) is 0 Å². The van der Waals surface area contributed by atoms with Crippen molar-refractivity contribution in [3.8, 4) is 11.6 Å². The topological polar surface area (TPSA) is 75.5 Å². The van der Waals surface area contributed by atoms with Crippen molar-refractivity contribution in [1.29, 1.82) is 0 Å². The van der Waals surface area contributed by atoms with Gasteiger partial charge >= 0.3 is 0 Å². The molecule has 1 fully saturated rings. The molecule has 5 rings (SSSR count). The van der Waals surface area contributed by atoms with Crippen LogP contribution >= 0.6 is 11.3 Å². The maximum atomic E-state index is 4.60. The van der Waals surface area contributed by atoms with Crippen molar-refractivity contribution in [2.45, 2.75) is 38.1 Å². The molecule has 1 unspecified atom stereocenters. The Hall–Kier alpha value is -2.22. The van der Waals surface area contributed by atoms with Crippen LogP contribution in [-0.4, -0.2) is 36.5 Å². The summed E-state index contributed by atoms with van der Waals surface area (Å²) in [6.45, 7) is 3.19. The highest BCUT2D eigenvalue weighted by Crippen LogP contribution is 2.39. The molecule has 124 valence electrons. The number of nitrogens with zero attached hydrogens (tertiary/aromatic N) is 6. The summed E-state index contributed by atoms with van der Waals surface area (Å²) in [6, 6.07) is 2.56. The van der Waals surface area contributed by atoms with Gasteiger partial charge in [0.1, 0.15) is 5.82 Å². The van der Waals surface area contributed by atoms with Crippen molar-refractivity contribution in [1.82, 2.24) is 29.9 Å². The van der Waals surface area contributed by atoms with Crippen molar-refractivity contribution >= 4 is 17.3 Å². The monoisotopic (exact) mass is 341 g/mol. The number of hydrogen-bond acceptors (Lipinski definition) is 6. The molecule has 7 nitrogen and oxygen atoms in total. The lowest BCUT2D eigenvalue weighted by Crippen LogP contribution is -2.34.